The highest BCUT2D eigenvalue weighted by Gasteiger charge is 2.30. The first-order valence-corrected chi connectivity index (χ1v) is 10.8. The van der Waals surface area contributed by atoms with Crippen LogP contribution in [0.15, 0.2) is 64.1 Å². The van der Waals surface area contributed by atoms with Gasteiger partial charge in [-0.25, -0.2) is 13.1 Å². The molecular formula is C20H22BrN3O2S. The molecule has 0 amide bonds. The number of hydrogen-bond acceptors (Lipinski definition) is 3. The van der Waals surface area contributed by atoms with Crippen molar-refractivity contribution in [2.24, 2.45) is 0 Å². The third-order valence-electron chi connectivity index (χ3n) is 4.11. The van der Waals surface area contributed by atoms with E-state index >= 15 is 0 Å². The first-order chi connectivity index (χ1) is 12.6. The smallest absolute Gasteiger partial charge is 0.265 e. The molecule has 0 saturated heterocycles. The number of anilines is 1. The largest absolute Gasteiger partial charge is 0.280 e. The molecule has 0 aliphatic heterocycles. The van der Waals surface area contributed by atoms with Crippen LogP contribution in [0.1, 0.15) is 32.0 Å². The number of halogens is 1. The summed E-state index contributed by atoms with van der Waals surface area (Å²) in [4.78, 5) is 0.180. The molecule has 0 aliphatic carbocycles. The van der Waals surface area contributed by atoms with Gasteiger partial charge in [0.2, 0.25) is 0 Å². The van der Waals surface area contributed by atoms with Gasteiger partial charge in [0.25, 0.3) is 10.0 Å². The Hall–Kier alpha value is -2.12. The van der Waals surface area contributed by atoms with Gasteiger partial charge in [0.05, 0.1) is 17.6 Å². The van der Waals surface area contributed by atoms with Crippen LogP contribution in [-0.4, -0.2) is 18.2 Å². The lowest BCUT2D eigenvalue weighted by molar-refractivity contribution is 0.543. The van der Waals surface area contributed by atoms with E-state index in [2.05, 4.69) is 25.8 Å². The van der Waals surface area contributed by atoms with Crippen LogP contribution >= 0.6 is 15.9 Å². The molecule has 0 aliphatic rings. The van der Waals surface area contributed by atoms with Crippen molar-refractivity contribution in [2.45, 2.75) is 38.0 Å². The molecule has 0 unspecified atom stereocenters. The molecule has 1 heterocycles. The fourth-order valence-electron chi connectivity index (χ4n) is 2.71. The van der Waals surface area contributed by atoms with E-state index in [9.17, 15) is 8.42 Å². The predicted molar refractivity (Wildman–Crippen MR) is 112 cm³/mol. The minimum absolute atomic E-state index is 0.180. The number of nitrogens with zero attached hydrogens (tertiary/aromatic N) is 2. The van der Waals surface area contributed by atoms with Crippen molar-refractivity contribution in [3.8, 4) is 5.69 Å². The van der Waals surface area contributed by atoms with Gasteiger partial charge in [-0.1, -0.05) is 54.9 Å². The van der Waals surface area contributed by atoms with Gasteiger partial charge in [-0.05, 0) is 42.8 Å². The van der Waals surface area contributed by atoms with Crippen LogP contribution in [0.2, 0.25) is 0 Å². The van der Waals surface area contributed by atoms with Gasteiger partial charge in [0, 0.05) is 15.6 Å². The Morgan fingerprint density at radius 2 is 1.74 bits per heavy atom. The van der Waals surface area contributed by atoms with E-state index in [-0.39, 0.29) is 4.90 Å². The zero-order valence-corrected chi connectivity index (χ0v) is 18.1. The van der Waals surface area contributed by atoms with Gasteiger partial charge in [0.1, 0.15) is 4.90 Å². The number of hydrogen-bond donors (Lipinski definition) is 1. The summed E-state index contributed by atoms with van der Waals surface area (Å²) in [6, 6.07) is 14.8. The van der Waals surface area contributed by atoms with Gasteiger partial charge in [-0.3, -0.25) is 4.72 Å². The average Bonchev–Trinajstić information content (AvgIpc) is 3.06. The molecule has 0 atom stereocenters. The van der Waals surface area contributed by atoms with Crippen LogP contribution in [0.25, 0.3) is 5.69 Å². The molecule has 0 bridgehead atoms. The molecule has 3 aromatic rings. The topological polar surface area (TPSA) is 64.0 Å². The summed E-state index contributed by atoms with van der Waals surface area (Å²) in [5.74, 6) is 0. The van der Waals surface area contributed by atoms with Crippen LogP contribution in [0.5, 0.6) is 0 Å². The highest BCUT2D eigenvalue weighted by molar-refractivity contribution is 9.10. The Kier molecular flexibility index (Phi) is 5.18. The van der Waals surface area contributed by atoms with E-state index in [4.69, 9.17) is 0 Å². The Labute approximate surface area is 168 Å². The number of rotatable bonds is 4. The van der Waals surface area contributed by atoms with Crippen molar-refractivity contribution < 1.29 is 8.42 Å². The summed E-state index contributed by atoms with van der Waals surface area (Å²) in [6.07, 6.45) is 1.57. The normalized spacial score (nSPS) is 12.2. The molecule has 3 rings (SSSR count). The van der Waals surface area contributed by atoms with Gasteiger partial charge >= 0.3 is 0 Å². The SMILES string of the molecule is Cc1cc(NS(=O)(=O)c2cn(-c3ccccc3)nc2C(C)(C)C)ccc1Br. The van der Waals surface area contributed by atoms with Crippen molar-refractivity contribution in [2.75, 3.05) is 4.72 Å². The maximum Gasteiger partial charge on any atom is 0.265 e. The molecule has 7 heteroatoms. The zero-order chi connectivity index (χ0) is 19.8. The fraction of sp³-hybridized carbons (Fsp3) is 0.250. The quantitative estimate of drug-likeness (QED) is 0.608. The van der Waals surface area contributed by atoms with Crippen LogP contribution in [-0.2, 0) is 15.4 Å². The van der Waals surface area contributed by atoms with E-state index in [0.717, 1.165) is 15.7 Å². The third-order valence-corrected chi connectivity index (χ3v) is 6.38. The Bertz CT molecular complexity index is 1070. The number of sulfonamides is 1. The highest BCUT2D eigenvalue weighted by Crippen LogP contribution is 2.30. The van der Waals surface area contributed by atoms with Crippen molar-refractivity contribution >= 4 is 31.6 Å². The zero-order valence-electron chi connectivity index (χ0n) is 15.7. The summed E-state index contributed by atoms with van der Waals surface area (Å²) >= 11 is 3.43. The summed E-state index contributed by atoms with van der Waals surface area (Å²) in [7, 11) is -3.79. The predicted octanol–water partition coefficient (Wildman–Crippen LogP) is 5.04. The molecule has 1 aromatic heterocycles. The maximum absolute atomic E-state index is 13.1. The minimum Gasteiger partial charge on any atom is -0.280 e. The molecule has 0 spiro atoms. The van der Waals surface area contributed by atoms with E-state index < -0.39 is 15.4 Å². The molecule has 5 nitrogen and oxygen atoms in total. The molecule has 0 saturated carbocycles. The highest BCUT2D eigenvalue weighted by atomic mass is 79.9. The molecule has 2 aromatic carbocycles. The number of nitrogens with one attached hydrogen (secondary N) is 1. The van der Waals surface area contributed by atoms with Crippen LogP contribution in [0.4, 0.5) is 5.69 Å². The van der Waals surface area contributed by atoms with Crippen LogP contribution in [0, 0.1) is 6.92 Å². The first-order valence-electron chi connectivity index (χ1n) is 8.52. The Morgan fingerprint density at radius 3 is 2.33 bits per heavy atom. The number of para-hydroxylation sites is 1. The fourth-order valence-corrected chi connectivity index (χ4v) is 4.34. The van der Waals surface area contributed by atoms with E-state index in [1.165, 1.54) is 0 Å². The molecule has 0 radical (unpaired) electrons. The lowest BCUT2D eigenvalue weighted by Gasteiger charge is -2.18. The van der Waals surface area contributed by atoms with E-state index in [1.807, 2.05) is 64.1 Å². The molecule has 142 valence electrons. The second-order valence-electron chi connectivity index (χ2n) is 7.44. The standard InChI is InChI=1S/C20H22BrN3O2S/c1-14-12-15(10-11-17(14)21)23-27(25,26)18-13-24(16-8-6-5-7-9-16)22-19(18)20(2,3)4/h5-13,23H,1-4H3. The van der Waals surface area contributed by atoms with Gasteiger partial charge in [-0.2, -0.15) is 5.10 Å². The summed E-state index contributed by atoms with van der Waals surface area (Å²) in [5, 5.41) is 4.58. The first kappa shape index (κ1) is 19.6. The maximum atomic E-state index is 13.1. The lowest BCUT2D eigenvalue weighted by Crippen LogP contribution is -2.20. The third kappa shape index (κ3) is 4.25. The second kappa shape index (κ2) is 7.13. The molecule has 27 heavy (non-hydrogen) atoms. The van der Waals surface area contributed by atoms with Crippen molar-refractivity contribution in [3.63, 3.8) is 0 Å². The van der Waals surface area contributed by atoms with Crippen molar-refractivity contribution in [1.82, 2.24) is 9.78 Å². The molecule has 0 fully saturated rings. The number of benzene rings is 2. The Morgan fingerprint density at radius 1 is 1.07 bits per heavy atom. The minimum atomic E-state index is -3.79. The van der Waals surface area contributed by atoms with Gasteiger partial charge in [-0.15, -0.1) is 0 Å². The van der Waals surface area contributed by atoms with Crippen molar-refractivity contribution in [3.05, 3.63) is 70.5 Å². The molecule has 1 N–H and O–H groups in total. The summed E-state index contributed by atoms with van der Waals surface area (Å²) in [6.45, 7) is 7.77. The number of aromatic nitrogens is 2. The van der Waals surface area contributed by atoms with Crippen molar-refractivity contribution in [1.29, 1.82) is 0 Å². The summed E-state index contributed by atoms with van der Waals surface area (Å²) < 4.78 is 31.5. The average molecular weight is 448 g/mol. The molecular weight excluding hydrogens is 426 g/mol. The van der Waals surface area contributed by atoms with Crippen LogP contribution in [0.3, 0.4) is 0 Å². The summed E-state index contributed by atoms with van der Waals surface area (Å²) in [5.41, 5.74) is 2.37. The second-order valence-corrected chi connectivity index (χ2v) is 9.95. The van der Waals surface area contributed by atoms with Crippen LogP contribution < -0.4 is 4.72 Å². The van der Waals surface area contributed by atoms with Gasteiger partial charge in [0.15, 0.2) is 0 Å². The van der Waals surface area contributed by atoms with E-state index in [0.29, 0.717) is 11.4 Å². The van der Waals surface area contributed by atoms with E-state index in [1.54, 1.807) is 23.0 Å². The lowest BCUT2D eigenvalue weighted by atomic mass is 9.92. The Balaban J connectivity index is 2.08. The monoisotopic (exact) mass is 447 g/mol. The number of aryl methyl sites for hydroxylation is 1. The van der Waals surface area contributed by atoms with Gasteiger partial charge < -0.3 is 0 Å².